The molecule has 0 saturated heterocycles. The zero-order valence-electron chi connectivity index (χ0n) is 9.34. The smallest absolute Gasteiger partial charge is 0.222 e. The molecule has 0 aliphatic rings. The summed E-state index contributed by atoms with van der Waals surface area (Å²) in [5.74, 6) is 0.427. The molecule has 0 fully saturated rings. The van der Waals surface area contributed by atoms with Gasteiger partial charge >= 0.3 is 0 Å². The highest BCUT2D eigenvalue weighted by molar-refractivity contribution is 5.95. The van der Waals surface area contributed by atoms with Gasteiger partial charge in [0.25, 0.3) is 0 Å². The van der Waals surface area contributed by atoms with Crippen molar-refractivity contribution in [2.24, 2.45) is 0 Å². The maximum absolute atomic E-state index is 11.3. The number of carbonyl (C=O) groups excluding carboxylic acids is 1. The van der Waals surface area contributed by atoms with Crippen LogP contribution >= 0.6 is 0 Å². The summed E-state index contributed by atoms with van der Waals surface area (Å²) in [5, 5.41) is 0. The van der Waals surface area contributed by atoms with E-state index in [-0.39, 0.29) is 11.7 Å². The number of aromatic nitrogens is 2. The minimum atomic E-state index is 0.00171. The molecule has 0 aliphatic carbocycles. The summed E-state index contributed by atoms with van der Waals surface area (Å²) in [6.45, 7) is 1.52. The van der Waals surface area contributed by atoms with Gasteiger partial charge in [-0.1, -0.05) is 18.2 Å². The number of Topliss-reactive ketones (excluding diaryl/α,β-unsaturated/α-hetero) is 1. The van der Waals surface area contributed by atoms with Crippen LogP contribution in [0.25, 0.3) is 11.3 Å². The average Bonchev–Trinajstić information content (AvgIpc) is 2.28. The topological polar surface area (TPSA) is 94.9 Å². The molecule has 0 amide bonds. The highest BCUT2D eigenvalue weighted by atomic mass is 16.1. The molecule has 2 aromatic rings. The van der Waals surface area contributed by atoms with Crippen LogP contribution in [0.2, 0.25) is 0 Å². The summed E-state index contributed by atoms with van der Waals surface area (Å²) in [6, 6.07) is 8.76. The van der Waals surface area contributed by atoms with E-state index in [1.165, 1.54) is 6.92 Å². The van der Waals surface area contributed by atoms with Crippen molar-refractivity contribution in [3.63, 3.8) is 0 Å². The Hall–Kier alpha value is -2.43. The first-order chi connectivity index (χ1) is 8.06. The van der Waals surface area contributed by atoms with Crippen molar-refractivity contribution in [3.8, 4) is 11.3 Å². The van der Waals surface area contributed by atoms with Gasteiger partial charge < -0.3 is 11.5 Å². The number of nitrogens with two attached hydrogens (primary N) is 2. The Bertz CT molecular complexity index is 560. The van der Waals surface area contributed by atoms with Crippen LogP contribution in [-0.2, 0) is 0 Å². The number of anilines is 2. The maximum atomic E-state index is 11.3. The predicted octanol–water partition coefficient (Wildman–Crippen LogP) is 1.51. The number of ketones is 1. The molecule has 0 aliphatic heterocycles. The molecule has 5 heteroatoms. The van der Waals surface area contributed by atoms with Crippen molar-refractivity contribution in [1.29, 1.82) is 0 Å². The van der Waals surface area contributed by atoms with E-state index in [1.807, 2.05) is 6.07 Å². The lowest BCUT2D eigenvalue weighted by Gasteiger charge is -2.04. The lowest BCUT2D eigenvalue weighted by atomic mass is 10.1. The first-order valence-corrected chi connectivity index (χ1v) is 5.07. The summed E-state index contributed by atoms with van der Waals surface area (Å²) in [6.07, 6.45) is 0. The minimum absolute atomic E-state index is 0.00171. The summed E-state index contributed by atoms with van der Waals surface area (Å²) in [7, 11) is 0. The van der Waals surface area contributed by atoms with Gasteiger partial charge in [-0.05, 0) is 13.0 Å². The third kappa shape index (κ3) is 2.39. The Labute approximate surface area is 98.5 Å². The molecule has 5 nitrogen and oxygen atoms in total. The zero-order valence-corrected chi connectivity index (χ0v) is 9.34. The molecular weight excluding hydrogens is 216 g/mol. The number of carbonyl (C=O) groups is 1. The summed E-state index contributed by atoms with van der Waals surface area (Å²) in [4.78, 5) is 19.2. The lowest BCUT2D eigenvalue weighted by Crippen LogP contribution is -2.01. The molecule has 1 aromatic carbocycles. The fraction of sp³-hybridized carbons (Fsp3) is 0.0833. The van der Waals surface area contributed by atoms with Gasteiger partial charge in [0.05, 0.1) is 5.69 Å². The van der Waals surface area contributed by atoms with E-state index >= 15 is 0 Å². The molecule has 4 N–H and O–H groups in total. The Kier molecular flexibility index (Phi) is 2.74. The molecule has 0 radical (unpaired) electrons. The van der Waals surface area contributed by atoms with Crippen LogP contribution < -0.4 is 11.5 Å². The largest absolute Gasteiger partial charge is 0.384 e. The van der Waals surface area contributed by atoms with Crippen LogP contribution in [0.5, 0.6) is 0 Å². The fourth-order valence-corrected chi connectivity index (χ4v) is 1.53. The van der Waals surface area contributed by atoms with Crippen molar-refractivity contribution in [2.45, 2.75) is 6.92 Å². The number of nitrogens with zero attached hydrogens (tertiary/aromatic N) is 2. The van der Waals surface area contributed by atoms with Gasteiger partial charge in [-0.25, -0.2) is 4.98 Å². The molecule has 0 unspecified atom stereocenters. The molecule has 0 bridgehead atoms. The summed E-state index contributed by atoms with van der Waals surface area (Å²) >= 11 is 0. The second-order valence-corrected chi connectivity index (χ2v) is 3.67. The highest BCUT2D eigenvalue weighted by Gasteiger charge is 2.05. The molecule has 0 atom stereocenters. The fourth-order valence-electron chi connectivity index (χ4n) is 1.53. The van der Waals surface area contributed by atoms with Crippen molar-refractivity contribution in [2.75, 3.05) is 11.5 Å². The number of benzene rings is 1. The van der Waals surface area contributed by atoms with Gasteiger partial charge in [0, 0.05) is 17.2 Å². The highest BCUT2D eigenvalue weighted by Crippen LogP contribution is 2.20. The van der Waals surface area contributed by atoms with E-state index in [2.05, 4.69) is 9.97 Å². The molecule has 17 heavy (non-hydrogen) atoms. The Morgan fingerprint density at radius 2 is 1.94 bits per heavy atom. The first kappa shape index (κ1) is 11.1. The van der Waals surface area contributed by atoms with Crippen molar-refractivity contribution in [3.05, 3.63) is 35.9 Å². The zero-order chi connectivity index (χ0) is 12.4. The second kappa shape index (κ2) is 4.21. The van der Waals surface area contributed by atoms with Gasteiger partial charge in [0.1, 0.15) is 5.82 Å². The molecule has 2 rings (SSSR count). The molecule has 1 aromatic heterocycles. The normalized spacial score (nSPS) is 10.2. The molecule has 1 heterocycles. The van der Waals surface area contributed by atoms with Crippen LogP contribution in [0.3, 0.4) is 0 Å². The summed E-state index contributed by atoms with van der Waals surface area (Å²) in [5.41, 5.74) is 13.1. The van der Waals surface area contributed by atoms with E-state index in [1.54, 1.807) is 24.3 Å². The molecule has 86 valence electrons. The standard InChI is InChI=1S/C12H12N4O/c1-7(17)8-3-2-4-9(5-8)10-6-11(13)16-12(14)15-10/h2-6H,1H3,(H4,13,14,15,16). The molecule has 0 spiro atoms. The molecule has 0 saturated carbocycles. The Balaban J connectivity index is 2.52. The first-order valence-electron chi connectivity index (χ1n) is 5.07. The number of nitrogen functional groups attached to an aromatic ring is 2. The number of hydrogen-bond acceptors (Lipinski definition) is 5. The third-order valence-corrected chi connectivity index (χ3v) is 2.33. The van der Waals surface area contributed by atoms with E-state index in [0.29, 0.717) is 17.1 Å². The van der Waals surface area contributed by atoms with Crippen molar-refractivity contribution >= 4 is 17.5 Å². The van der Waals surface area contributed by atoms with Gasteiger partial charge in [-0.15, -0.1) is 0 Å². The van der Waals surface area contributed by atoms with Gasteiger partial charge in [0.2, 0.25) is 5.95 Å². The van der Waals surface area contributed by atoms with E-state index in [0.717, 1.165) is 5.56 Å². The third-order valence-electron chi connectivity index (χ3n) is 2.33. The van der Waals surface area contributed by atoms with Crippen LogP contribution in [0, 0.1) is 0 Å². The SMILES string of the molecule is CC(=O)c1cccc(-c2cc(N)nc(N)n2)c1. The van der Waals surface area contributed by atoms with E-state index in [9.17, 15) is 4.79 Å². The molecular formula is C12H12N4O. The quantitative estimate of drug-likeness (QED) is 0.759. The average molecular weight is 228 g/mol. The maximum Gasteiger partial charge on any atom is 0.222 e. The van der Waals surface area contributed by atoms with Crippen molar-refractivity contribution in [1.82, 2.24) is 9.97 Å². The van der Waals surface area contributed by atoms with Crippen LogP contribution in [-0.4, -0.2) is 15.8 Å². The van der Waals surface area contributed by atoms with E-state index in [4.69, 9.17) is 11.5 Å². The minimum Gasteiger partial charge on any atom is -0.384 e. The monoisotopic (exact) mass is 228 g/mol. The van der Waals surface area contributed by atoms with Gasteiger partial charge in [-0.2, -0.15) is 4.98 Å². The van der Waals surface area contributed by atoms with Gasteiger partial charge in [-0.3, -0.25) is 4.79 Å². The van der Waals surface area contributed by atoms with Crippen LogP contribution in [0.1, 0.15) is 17.3 Å². The van der Waals surface area contributed by atoms with Crippen molar-refractivity contribution < 1.29 is 4.79 Å². The Morgan fingerprint density at radius 3 is 2.59 bits per heavy atom. The second-order valence-electron chi connectivity index (χ2n) is 3.67. The predicted molar refractivity (Wildman–Crippen MR) is 66.3 cm³/mol. The lowest BCUT2D eigenvalue weighted by molar-refractivity contribution is 0.101. The van der Waals surface area contributed by atoms with Gasteiger partial charge in [0.15, 0.2) is 5.78 Å². The van der Waals surface area contributed by atoms with Crippen LogP contribution in [0.4, 0.5) is 11.8 Å². The number of rotatable bonds is 2. The summed E-state index contributed by atoms with van der Waals surface area (Å²) < 4.78 is 0. The van der Waals surface area contributed by atoms with E-state index < -0.39 is 0 Å². The Morgan fingerprint density at radius 1 is 1.18 bits per heavy atom. The van der Waals surface area contributed by atoms with Crippen LogP contribution in [0.15, 0.2) is 30.3 Å². The number of hydrogen-bond donors (Lipinski definition) is 2.